The van der Waals surface area contributed by atoms with Crippen molar-refractivity contribution in [1.29, 1.82) is 0 Å². The molecular formula is C27H37N3O6S. The van der Waals surface area contributed by atoms with Crippen molar-refractivity contribution in [2.24, 2.45) is 0 Å². The molecule has 1 aliphatic rings. The Morgan fingerprint density at radius 3 is 2.51 bits per heavy atom. The lowest BCUT2D eigenvalue weighted by Gasteiger charge is -2.31. The van der Waals surface area contributed by atoms with Gasteiger partial charge in [-0.1, -0.05) is 43.7 Å². The summed E-state index contributed by atoms with van der Waals surface area (Å²) in [5.41, 5.74) is 2.45. The van der Waals surface area contributed by atoms with Crippen LogP contribution in [-0.2, 0) is 26.2 Å². The van der Waals surface area contributed by atoms with Crippen LogP contribution in [0.15, 0.2) is 42.5 Å². The van der Waals surface area contributed by atoms with Crippen LogP contribution < -0.4 is 19.1 Å². The van der Waals surface area contributed by atoms with Crippen LogP contribution in [0.1, 0.15) is 50.7 Å². The van der Waals surface area contributed by atoms with Crippen LogP contribution >= 0.6 is 0 Å². The summed E-state index contributed by atoms with van der Waals surface area (Å²) in [4.78, 5) is 28.0. The average Bonchev–Trinajstić information content (AvgIpc) is 3.32. The molecule has 1 aliphatic heterocycles. The number of sulfonamides is 1. The summed E-state index contributed by atoms with van der Waals surface area (Å²) in [5.74, 6) is 0.671. The summed E-state index contributed by atoms with van der Waals surface area (Å²) in [5, 5.41) is 2.91. The maximum Gasteiger partial charge on any atom is 0.242 e. The molecule has 1 heterocycles. The second-order valence-corrected chi connectivity index (χ2v) is 11.1. The van der Waals surface area contributed by atoms with Crippen molar-refractivity contribution in [1.82, 2.24) is 10.2 Å². The number of rotatable bonds is 13. The van der Waals surface area contributed by atoms with Crippen molar-refractivity contribution in [3.8, 4) is 11.5 Å². The second-order valence-electron chi connectivity index (χ2n) is 9.20. The Labute approximate surface area is 219 Å². The molecule has 2 aromatic carbocycles. The minimum atomic E-state index is -3.60. The van der Waals surface area contributed by atoms with Crippen LogP contribution in [0.2, 0.25) is 0 Å². The number of ether oxygens (including phenoxy) is 2. The number of aryl methyl sites for hydroxylation is 1. The van der Waals surface area contributed by atoms with E-state index in [1.807, 2.05) is 45.0 Å². The molecule has 0 saturated carbocycles. The first-order valence-corrected chi connectivity index (χ1v) is 14.5. The fourth-order valence-electron chi connectivity index (χ4n) is 4.34. The number of hydrogen-bond donors (Lipinski definition) is 1. The van der Waals surface area contributed by atoms with Gasteiger partial charge in [-0.25, -0.2) is 8.42 Å². The third-order valence-corrected chi connectivity index (χ3v) is 7.36. The maximum absolute atomic E-state index is 13.5. The van der Waals surface area contributed by atoms with Gasteiger partial charge in [0.15, 0.2) is 11.5 Å². The topological polar surface area (TPSA) is 105 Å². The van der Waals surface area contributed by atoms with Gasteiger partial charge in [0.1, 0.15) is 6.04 Å². The molecule has 2 amide bonds. The van der Waals surface area contributed by atoms with Crippen molar-refractivity contribution in [3.63, 3.8) is 0 Å². The van der Waals surface area contributed by atoms with Gasteiger partial charge in [-0.2, -0.15) is 0 Å². The highest BCUT2D eigenvalue weighted by atomic mass is 32.2. The predicted octanol–water partition coefficient (Wildman–Crippen LogP) is 3.60. The number of nitrogens with one attached hydrogen (secondary N) is 1. The van der Waals surface area contributed by atoms with Crippen LogP contribution in [0, 0.1) is 6.92 Å². The van der Waals surface area contributed by atoms with Crippen molar-refractivity contribution < 1.29 is 27.5 Å². The lowest BCUT2D eigenvalue weighted by Crippen LogP contribution is -2.49. The van der Waals surface area contributed by atoms with Crippen LogP contribution in [-0.4, -0.2) is 57.3 Å². The molecule has 9 nitrogen and oxygen atoms in total. The zero-order chi connectivity index (χ0) is 27.0. The van der Waals surface area contributed by atoms with E-state index < -0.39 is 16.1 Å². The molecular weight excluding hydrogens is 494 g/mol. The summed E-state index contributed by atoms with van der Waals surface area (Å²) in [7, 11) is -3.60. The van der Waals surface area contributed by atoms with Gasteiger partial charge in [0.25, 0.3) is 0 Å². The second kappa shape index (κ2) is 12.8. The molecule has 0 aromatic heterocycles. The van der Waals surface area contributed by atoms with Crippen molar-refractivity contribution >= 4 is 27.5 Å². The van der Waals surface area contributed by atoms with E-state index in [2.05, 4.69) is 5.32 Å². The fraction of sp³-hybridized carbons (Fsp3) is 0.481. The number of amides is 2. The third-order valence-electron chi connectivity index (χ3n) is 6.17. The standard InChI is InChI=1S/C27H37N3O6S/c1-5-14-28-27(32)23(6-2)29(18-21-10-7-9-20(3)16-21)26(31)11-8-15-30(37(4,33)34)22-12-13-24-25(17-22)36-19-35-24/h7,9-10,12-13,16-17,23H,5-6,8,11,14-15,18-19H2,1-4H3,(H,28,32)/t23-/m1/s1. The van der Waals surface area contributed by atoms with E-state index >= 15 is 0 Å². The lowest BCUT2D eigenvalue weighted by molar-refractivity contribution is -0.141. The van der Waals surface area contributed by atoms with Crippen molar-refractivity contribution in [3.05, 3.63) is 53.6 Å². The Bertz CT molecular complexity index is 1200. The van der Waals surface area contributed by atoms with Crippen molar-refractivity contribution in [2.45, 2.75) is 59.0 Å². The Hall–Kier alpha value is -3.27. The van der Waals surface area contributed by atoms with Gasteiger partial charge in [0.2, 0.25) is 28.6 Å². The summed E-state index contributed by atoms with van der Waals surface area (Å²) in [6.45, 7) is 6.89. The number of carbonyl (C=O) groups excluding carboxylic acids is 2. The number of fused-ring (bicyclic) bond motifs is 1. The van der Waals surface area contributed by atoms with E-state index in [-0.39, 0.29) is 38.0 Å². The molecule has 0 unspecified atom stereocenters. The van der Waals surface area contributed by atoms with Crippen LogP contribution in [0.5, 0.6) is 11.5 Å². The molecule has 1 N–H and O–H groups in total. The minimum Gasteiger partial charge on any atom is -0.454 e. The first-order chi connectivity index (χ1) is 17.6. The van der Waals surface area contributed by atoms with Gasteiger partial charge < -0.3 is 19.7 Å². The highest BCUT2D eigenvalue weighted by molar-refractivity contribution is 7.92. The molecule has 37 heavy (non-hydrogen) atoms. The van der Waals surface area contributed by atoms with E-state index in [0.717, 1.165) is 23.8 Å². The Morgan fingerprint density at radius 1 is 1.08 bits per heavy atom. The lowest BCUT2D eigenvalue weighted by atomic mass is 10.1. The Kier molecular flexibility index (Phi) is 9.79. The molecule has 0 spiro atoms. The van der Waals surface area contributed by atoms with Crippen LogP contribution in [0.25, 0.3) is 0 Å². The van der Waals surface area contributed by atoms with E-state index in [1.54, 1.807) is 23.1 Å². The van der Waals surface area contributed by atoms with Gasteiger partial charge in [0, 0.05) is 32.1 Å². The van der Waals surface area contributed by atoms with Crippen LogP contribution in [0.4, 0.5) is 5.69 Å². The van der Waals surface area contributed by atoms with E-state index in [0.29, 0.717) is 36.7 Å². The van der Waals surface area contributed by atoms with E-state index in [1.165, 1.54) is 4.31 Å². The summed E-state index contributed by atoms with van der Waals surface area (Å²) < 4.78 is 37.1. The van der Waals surface area contributed by atoms with Gasteiger partial charge in [-0.3, -0.25) is 13.9 Å². The van der Waals surface area contributed by atoms with Gasteiger partial charge in [-0.05, 0) is 43.9 Å². The average molecular weight is 532 g/mol. The minimum absolute atomic E-state index is 0.0906. The predicted molar refractivity (Wildman–Crippen MR) is 143 cm³/mol. The van der Waals surface area contributed by atoms with Gasteiger partial charge in [-0.15, -0.1) is 0 Å². The first-order valence-electron chi connectivity index (χ1n) is 12.6. The highest BCUT2D eigenvalue weighted by Crippen LogP contribution is 2.36. The third kappa shape index (κ3) is 7.61. The number of carbonyl (C=O) groups is 2. The monoisotopic (exact) mass is 531 g/mol. The largest absolute Gasteiger partial charge is 0.454 e. The van der Waals surface area contributed by atoms with Crippen LogP contribution in [0.3, 0.4) is 0 Å². The van der Waals surface area contributed by atoms with Crippen molar-refractivity contribution in [2.75, 3.05) is 30.4 Å². The number of nitrogens with zero attached hydrogens (tertiary/aromatic N) is 2. The zero-order valence-electron chi connectivity index (χ0n) is 22.0. The Balaban J connectivity index is 1.75. The van der Waals surface area contributed by atoms with E-state index in [4.69, 9.17) is 9.47 Å². The summed E-state index contributed by atoms with van der Waals surface area (Å²) in [6.07, 6.45) is 2.79. The number of hydrogen-bond acceptors (Lipinski definition) is 6. The number of anilines is 1. The molecule has 0 fully saturated rings. The highest BCUT2D eigenvalue weighted by Gasteiger charge is 2.29. The number of benzene rings is 2. The zero-order valence-corrected chi connectivity index (χ0v) is 22.8. The molecule has 0 radical (unpaired) electrons. The fourth-order valence-corrected chi connectivity index (χ4v) is 5.29. The normalized spacial score (nSPS) is 13.2. The molecule has 202 valence electrons. The SMILES string of the molecule is CCCNC(=O)[C@@H](CC)N(Cc1cccc(C)c1)C(=O)CCCN(c1ccc2c(c1)OCO2)S(C)(=O)=O. The molecule has 0 saturated heterocycles. The molecule has 3 rings (SSSR count). The maximum atomic E-state index is 13.5. The Morgan fingerprint density at radius 2 is 1.84 bits per heavy atom. The summed E-state index contributed by atoms with van der Waals surface area (Å²) in [6, 6.07) is 12.2. The molecule has 0 aliphatic carbocycles. The molecule has 10 heteroatoms. The first kappa shape index (κ1) is 28.3. The quantitative estimate of drug-likeness (QED) is 0.423. The molecule has 1 atom stereocenters. The molecule has 2 aromatic rings. The summed E-state index contributed by atoms with van der Waals surface area (Å²) >= 11 is 0. The smallest absolute Gasteiger partial charge is 0.242 e. The van der Waals surface area contributed by atoms with E-state index in [9.17, 15) is 18.0 Å². The van der Waals surface area contributed by atoms with Gasteiger partial charge in [0.05, 0.1) is 11.9 Å². The van der Waals surface area contributed by atoms with Gasteiger partial charge >= 0.3 is 0 Å². The molecule has 0 bridgehead atoms.